The van der Waals surface area contributed by atoms with Crippen LogP contribution in [0, 0.1) is 0 Å². The number of nitrogens with zero attached hydrogens (tertiary/aromatic N) is 2. The maximum Gasteiger partial charge on any atom is 0.254 e. The van der Waals surface area contributed by atoms with E-state index in [1.165, 1.54) is 0 Å². The number of hydrogen-bond donors (Lipinski definition) is 0. The van der Waals surface area contributed by atoms with E-state index in [0.717, 1.165) is 30.6 Å². The number of aromatic nitrogens is 1. The smallest absolute Gasteiger partial charge is 0.254 e. The molecule has 2 aromatic carbocycles. The second kappa shape index (κ2) is 8.44. The van der Waals surface area contributed by atoms with Gasteiger partial charge >= 0.3 is 0 Å². The standard InChI is InChI=1S/C23H21ClN2O2/c24-19-8-3-6-17(14-19)16-28-20-9-4-7-18(15-20)23(27)26-13-5-11-22(26)21-10-1-2-12-25-21/h1-4,6-10,12,14-15,22H,5,11,13,16H2. The minimum Gasteiger partial charge on any atom is -0.489 e. The van der Waals surface area contributed by atoms with Crippen molar-refractivity contribution < 1.29 is 9.53 Å². The molecule has 28 heavy (non-hydrogen) atoms. The summed E-state index contributed by atoms with van der Waals surface area (Å²) in [6.45, 7) is 1.14. The maximum atomic E-state index is 13.1. The summed E-state index contributed by atoms with van der Waals surface area (Å²) in [6, 6.07) is 20.8. The molecule has 0 radical (unpaired) electrons. The topological polar surface area (TPSA) is 42.4 Å². The number of benzene rings is 2. The first kappa shape index (κ1) is 18.5. The zero-order chi connectivity index (χ0) is 19.3. The Kier molecular flexibility index (Phi) is 5.58. The van der Waals surface area contributed by atoms with Crippen molar-refractivity contribution in [2.75, 3.05) is 6.54 Å². The van der Waals surface area contributed by atoms with Crippen LogP contribution in [-0.4, -0.2) is 22.3 Å². The molecule has 142 valence electrons. The summed E-state index contributed by atoms with van der Waals surface area (Å²) in [5.74, 6) is 0.681. The molecule has 1 aliphatic heterocycles. The van der Waals surface area contributed by atoms with E-state index in [1.54, 1.807) is 12.3 Å². The lowest BCUT2D eigenvalue weighted by molar-refractivity contribution is 0.0732. The maximum absolute atomic E-state index is 13.1. The molecule has 5 heteroatoms. The molecule has 1 aliphatic rings. The van der Waals surface area contributed by atoms with Crippen LogP contribution >= 0.6 is 11.6 Å². The van der Waals surface area contributed by atoms with Gasteiger partial charge in [-0.15, -0.1) is 0 Å². The zero-order valence-electron chi connectivity index (χ0n) is 15.4. The van der Waals surface area contributed by atoms with Gasteiger partial charge in [0.25, 0.3) is 5.91 Å². The molecule has 0 bridgehead atoms. The Morgan fingerprint density at radius 3 is 2.82 bits per heavy atom. The average Bonchev–Trinajstić information content (AvgIpc) is 3.22. The molecule has 1 unspecified atom stereocenters. The number of carbonyl (C=O) groups excluding carboxylic acids is 1. The monoisotopic (exact) mass is 392 g/mol. The Morgan fingerprint density at radius 2 is 2.00 bits per heavy atom. The molecule has 0 saturated carbocycles. The van der Waals surface area contributed by atoms with Gasteiger partial charge < -0.3 is 9.64 Å². The van der Waals surface area contributed by atoms with Gasteiger partial charge in [0.1, 0.15) is 12.4 Å². The second-order valence-electron chi connectivity index (χ2n) is 6.86. The first-order valence-electron chi connectivity index (χ1n) is 9.40. The third kappa shape index (κ3) is 4.18. The van der Waals surface area contributed by atoms with Crippen LogP contribution in [0.3, 0.4) is 0 Å². The number of pyridine rings is 1. The van der Waals surface area contributed by atoms with Crippen LogP contribution in [-0.2, 0) is 6.61 Å². The second-order valence-corrected chi connectivity index (χ2v) is 7.29. The molecule has 0 N–H and O–H groups in total. The van der Waals surface area contributed by atoms with Crippen molar-refractivity contribution in [3.8, 4) is 5.75 Å². The Balaban J connectivity index is 1.48. The van der Waals surface area contributed by atoms with Gasteiger partial charge in [-0.25, -0.2) is 0 Å². The van der Waals surface area contributed by atoms with E-state index in [1.807, 2.05) is 65.6 Å². The summed E-state index contributed by atoms with van der Waals surface area (Å²) >= 11 is 6.02. The molecule has 2 heterocycles. The van der Waals surface area contributed by atoms with Crippen LogP contribution in [0.1, 0.15) is 40.5 Å². The van der Waals surface area contributed by atoms with E-state index in [0.29, 0.717) is 22.9 Å². The molecule has 4 nitrogen and oxygen atoms in total. The van der Waals surface area contributed by atoms with Crippen molar-refractivity contribution in [2.24, 2.45) is 0 Å². The average molecular weight is 393 g/mol. The van der Waals surface area contributed by atoms with Crippen LogP contribution in [0.2, 0.25) is 5.02 Å². The Morgan fingerprint density at radius 1 is 1.11 bits per heavy atom. The number of halogens is 1. The number of carbonyl (C=O) groups is 1. The predicted octanol–water partition coefficient (Wildman–Crippen LogP) is 5.29. The van der Waals surface area contributed by atoms with Gasteiger partial charge in [0, 0.05) is 23.3 Å². The summed E-state index contributed by atoms with van der Waals surface area (Å²) < 4.78 is 5.87. The molecule has 1 amide bonds. The highest BCUT2D eigenvalue weighted by Crippen LogP contribution is 2.32. The summed E-state index contributed by atoms with van der Waals surface area (Å²) in [5.41, 5.74) is 2.56. The predicted molar refractivity (Wildman–Crippen MR) is 109 cm³/mol. The largest absolute Gasteiger partial charge is 0.489 e. The van der Waals surface area contributed by atoms with Gasteiger partial charge in [0.2, 0.25) is 0 Å². The number of ether oxygens (including phenoxy) is 1. The molecule has 1 aromatic heterocycles. The van der Waals surface area contributed by atoms with Gasteiger partial charge in [-0.3, -0.25) is 9.78 Å². The highest BCUT2D eigenvalue weighted by molar-refractivity contribution is 6.30. The zero-order valence-corrected chi connectivity index (χ0v) is 16.2. The molecule has 1 saturated heterocycles. The van der Waals surface area contributed by atoms with Gasteiger partial charge in [-0.05, 0) is 60.9 Å². The Labute approximate surface area is 169 Å². The molecular weight excluding hydrogens is 372 g/mol. The van der Waals surface area contributed by atoms with E-state index < -0.39 is 0 Å². The van der Waals surface area contributed by atoms with E-state index >= 15 is 0 Å². The SMILES string of the molecule is O=C(c1cccc(OCc2cccc(Cl)c2)c1)N1CCCC1c1ccccn1. The van der Waals surface area contributed by atoms with Crippen LogP contribution in [0.5, 0.6) is 5.75 Å². The molecular formula is C23H21ClN2O2. The van der Waals surface area contributed by atoms with Crippen molar-refractivity contribution in [3.63, 3.8) is 0 Å². The van der Waals surface area contributed by atoms with E-state index in [9.17, 15) is 4.79 Å². The van der Waals surface area contributed by atoms with Gasteiger partial charge in [0.05, 0.1) is 11.7 Å². The van der Waals surface area contributed by atoms with E-state index in [4.69, 9.17) is 16.3 Å². The van der Waals surface area contributed by atoms with Crippen molar-refractivity contribution in [1.82, 2.24) is 9.88 Å². The molecule has 1 fully saturated rings. The normalized spacial score (nSPS) is 16.2. The summed E-state index contributed by atoms with van der Waals surface area (Å²) in [6.07, 6.45) is 3.70. The van der Waals surface area contributed by atoms with Gasteiger partial charge in [-0.1, -0.05) is 35.9 Å². The van der Waals surface area contributed by atoms with Crippen LogP contribution in [0.4, 0.5) is 0 Å². The number of rotatable bonds is 5. The quantitative estimate of drug-likeness (QED) is 0.592. The number of hydrogen-bond acceptors (Lipinski definition) is 3. The fourth-order valence-electron chi connectivity index (χ4n) is 3.57. The third-order valence-corrected chi connectivity index (χ3v) is 5.15. The van der Waals surface area contributed by atoms with Crippen molar-refractivity contribution in [3.05, 3.63) is 94.8 Å². The van der Waals surface area contributed by atoms with Crippen molar-refractivity contribution >= 4 is 17.5 Å². The number of likely N-dealkylation sites (tertiary alicyclic amines) is 1. The van der Waals surface area contributed by atoms with Crippen LogP contribution in [0.25, 0.3) is 0 Å². The fraction of sp³-hybridized carbons (Fsp3) is 0.217. The molecule has 4 rings (SSSR count). The van der Waals surface area contributed by atoms with E-state index in [2.05, 4.69) is 4.98 Å². The Bertz CT molecular complexity index is 962. The van der Waals surface area contributed by atoms with Gasteiger partial charge in [0.15, 0.2) is 0 Å². The lowest BCUT2D eigenvalue weighted by atomic mass is 10.1. The number of amides is 1. The molecule has 3 aromatic rings. The van der Waals surface area contributed by atoms with Crippen LogP contribution < -0.4 is 4.74 Å². The van der Waals surface area contributed by atoms with E-state index in [-0.39, 0.29) is 11.9 Å². The summed E-state index contributed by atoms with van der Waals surface area (Å²) in [4.78, 5) is 19.5. The summed E-state index contributed by atoms with van der Waals surface area (Å²) in [7, 11) is 0. The fourth-order valence-corrected chi connectivity index (χ4v) is 3.78. The van der Waals surface area contributed by atoms with Crippen molar-refractivity contribution in [1.29, 1.82) is 0 Å². The van der Waals surface area contributed by atoms with Gasteiger partial charge in [-0.2, -0.15) is 0 Å². The first-order valence-corrected chi connectivity index (χ1v) is 9.78. The Hall–Kier alpha value is -2.85. The highest BCUT2D eigenvalue weighted by atomic mass is 35.5. The minimum atomic E-state index is 0.0151. The van der Waals surface area contributed by atoms with Crippen molar-refractivity contribution in [2.45, 2.75) is 25.5 Å². The first-order chi connectivity index (χ1) is 13.7. The van der Waals surface area contributed by atoms with Crippen LogP contribution in [0.15, 0.2) is 72.9 Å². The highest BCUT2D eigenvalue weighted by Gasteiger charge is 2.31. The lowest BCUT2D eigenvalue weighted by Crippen LogP contribution is -2.30. The minimum absolute atomic E-state index is 0.0151. The summed E-state index contributed by atoms with van der Waals surface area (Å²) in [5, 5.41) is 0.680. The molecule has 0 spiro atoms. The molecule has 1 atom stereocenters. The molecule has 0 aliphatic carbocycles. The third-order valence-electron chi connectivity index (χ3n) is 4.92. The lowest BCUT2D eigenvalue weighted by Gasteiger charge is -2.24.